The topological polar surface area (TPSA) is 110 Å². The summed E-state index contributed by atoms with van der Waals surface area (Å²) in [5, 5.41) is 11.8. The van der Waals surface area contributed by atoms with E-state index in [-0.39, 0.29) is 23.5 Å². The molecule has 1 atom stereocenters. The van der Waals surface area contributed by atoms with Crippen LogP contribution in [-0.2, 0) is 25.8 Å². The Labute approximate surface area is 140 Å². The maximum Gasteiger partial charge on any atom is 0.305 e. The number of carboxylic acids is 1. The molecular formula is C16H21NO6S. The second-order valence-corrected chi connectivity index (χ2v) is 8.04. The second-order valence-electron chi connectivity index (χ2n) is 6.06. The molecule has 1 amide bonds. The normalized spacial score (nSPS) is 20.8. The van der Waals surface area contributed by atoms with Crippen LogP contribution in [-0.4, -0.2) is 50.4 Å². The maximum atomic E-state index is 12.5. The van der Waals surface area contributed by atoms with E-state index in [1.54, 1.807) is 12.1 Å². The maximum absolute atomic E-state index is 12.5. The van der Waals surface area contributed by atoms with Crippen molar-refractivity contribution < 1.29 is 27.9 Å². The number of hydrogen-bond acceptors (Lipinski definition) is 5. The van der Waals surface area contributed by atoms with E-state index in [0.717, 1.165) is 6.26 Å². The first-order chi connectivity index (χ1) is 11.2. The SMILES string of the molecule is CCc1ccc(C(=O)NC2(CC(=O)O)CCOC2)cc1S(C)(=O)=O. The molecule has 132 valence electrons. The van der Waals surface area contributed by atoms with Crippen molar-refractivity contribution in [3.63, 3.8) is 0 Å². The van der Waals surface area contributed by atoms with Crippen LogP contribution in [0.2, 0.25) is 0 Å². The number of ether oxygens (including phenoxy) is 1. The lowest BCUT2D eigenvalue weighted by molar-refractivity contribution is -0.138. The first-order valence-electron chi connectivity index (χ1n) is 7.62. The Kier molecular flexibility index (Phi) is 5.29. The van der Waals surface area contributed by atoms with Gasteiger partial charge in [-0.1, -0.05) is 13.0 Å². The molecule has 1 heterocycles. The zero-order valence-electron chi connectivity index (χ0n) is 13.7. The molecule has 0 bridgehead atoms. The Morgan fingerprint density at radius 3 is 2.58 bits per heavy atom. The minimum atomic E-state index is -3.46. The lowest BCUT2D eigenvalue weighted by Gasteiger charge is -2.27. The Bertz CT molecular complexity index is 750. The molecule has 24 heavy (non-hydrogen) atoms. The summed E-state index contributed by atoms with van der Waals surface area (Å²) in [6, 6.07) is 4.50. The Morgan fingerprint density at radius 2 is 2.08 bits per heavy atom. The van der Waals surface area contributed by atoms with Crippen molar-refractivity contribution in [3.8, 4) is 0 Å². The van der Waals surface area contributed by atoms with Gasteiger partial charge >= 0.3 is 5.97 Å². The quantitative estimate of drug-likeness (QED) is 0.788. The summed E-state index contributed by atoms with van der Waals surface area (Å²) in [4.78, 5) is 23.7. The third-order valence-electron chi connectivity index (χ3n) is 4.08. The third-order valence-corrected chi connectivity index (χ3v) is 5.26. The zero-order valence-corrected chi connectivity index (χ0v) is 14.5. The van der Waals surface area contributed by atoms with Gasteiger partial charge in [0.25, 0.3) is 5.91 Å². The van der Waals surface area contributed by atoms with Crippen LogP contribution in [0.1, 0.15) is 35.7 Å². The summed E-state index contributed by atoms with van der Waals surface area (Å²) in [5.41, 5.74) is -0.139. The van der Waals surface area contributed by atoms with Crippen LogP contribution in [0.15, 0.2) is 23.1 Å². The fourth-order valence-corrected chi connectivity index (χ4v) is 3.85. The van der Waals surface area contributed by atoms with E-state index in [9.17, 15) is 18.0 Å². The first kappa shape index (κ1) is 18.4. The van der Waals surface area contributed by atoms with Crippen LogP contribution in [0.25, 0.3) is 0 Å². The predicted octanol–water partition coefficient (Wildman–Crippen LogP) is 1.02. The van der Waals surface area contributed by atoms with Crippen molar-refractivity contribution in [2.45, 2.75) is 36.6 Å². The van der Waals surface area contributed by atoms with Crippen LogP contribution in [0.3, 0.4) is 0 Å². The van der Waals surface area contributed by atoms with Gasteiger partial charge in [-0.15, -0.1) is 0 Å². The highest BCUT2D eigenvalue weighted by molar-refractivity contribution is 7.90. The smallest absolute Gasteiger partial charge is 0.305 e. The largest absolute Gasteiger partial charge is 0.481 e. The van der Waals surface area contributed by atoms with Crippen molar-refractivity contribution >= 4 is 21.7 Å². The number of carboxylic acid groups (broad SMARTS) is 1. The van der Waals surface area contributed by atoms with Crippen molar-refractivity contribution in [2.24, 2.45) is 0 Å². The van der Waals surface area contributed by atoms with Crippen molar-refractivity contribution in [3.05, 3.63) is 29.3 Å². The Balaban J connectivity index is 2.31. The number of carbonyl (C=O) groups is 2. The molecule has 1 unspecified atom stereocenters. The number of rotatable bonds is 6. The molecule has 0 aliphatic carbocycles. The van der Waals surface area contributed by atoms with E-state index in [4.69, 9.17) is 9.84 Å². The number of aliphatic carboxylic acids is 1. The van der Waals surface area contributed by atoms with E-state index < -0.39 is 27.3 Å². The molecule has 7 nitrogen and oxygen atoms in total. The highest BCUT2D eigenvalue weighted by atomic mass is 32.2. The molecule has 1 fully saturated rings. The molecule has 2 N–H and O–H groups in total. The minimum Gasteiger partial charge on any atom is -0.481 e. The van der Waals surface area contributed by atoms with Gasteiger partial charge in [-0.05, 0) is 30.5 Å². The molecule has 0 saturated carbocycles. The number of sulfone groups is 1. The van der Waals surface area contributed by atoms with E-state index in [1.165, 1.54) is 6.07 Å². The van der Waals surface area contributed by atoms with E-state index in [2.05, 4.69) is 5.32 Å². The van der Waals surface area contributed by atoms with Crippen LogP contribution in [0.4, 0.5) is 0 Å². The van der Waals surface area contributed by atoms with Gasteiger partial charge in [0.2, 0.25) is 0 Å². The van der Waals surface area contributed by atoms with Crippen LogP contribution >= 0.6 is 0 Å². The number of hydrogen-bond donors (Lipinski definition) is 2. The average Bonchev–Trinajstić information content (AvgIpc) is 2.92. The van der Waals surface area contributed by atoms with Crippen LogP contribution in [0.5, 0.6) is 0 Å². The van der Waals surface area contributed by atoms with Crippen molar-refractivity contribution in [1.29, 1.82) is 0 Å². The van der Waals surface area contributed by atoms with Crippen molar-refractivity contribution in [1.82, 2.24) is 5.32 Å². The molecule has 2 rings (SSSR count). The van der Waals surface area contributed by atoms with Gasteiger partial charge < -0.3 is 15.2 Å². The molecule has 1 aliphatic heterocycles. The molecule has 0 spiro atoms. The molecule has 1 aromatic rings. The standard InChI is InChI=1S/C16H21NO6S/c1-3-11-4-5-12(8-13(11)24(2,21)22)15(20)17-16(9-14(18)19)6-7-23-10-16/h4-5,8H,3,6-7,9-10H2,1-2H3,(H,17,20)(H,18,19). The summed E-state index contributed by atoms with van der Waals surface area (Å²) in [5.74, 6) is -1.53. The number of amides is 1. The number of carbonyl (C=O) groups excluding carboxylic acids is 1. The number of nitrogens with one attached hydrogen (secondary N) is 1. The molecular weight excluding hydrogens is 334 g/mol. The van der Waals surface area contributed by atoms with Gasteiger partial charge in [-0.2, -0.15) is 0 Å². The minimum absolute atomic E-state index is 0.118. The van der Waals surface area contributed by atoms with E-state index in [1.807, 2.05) is 6.92 Å². The zero-order chi connectivity index (χ0) is 18.0. The third kappa shape index (κ3) is 4.12. The lowest BCUT2D eigenvalue weighted by atomic mass is 9.93. The molecule has 8 heteroatoms. The van der Waals surface area contributed by atoms with Gasteiger partial charge in [-0.3, -0.25) is 9.59 Å². The van der Waals surface area contributed by atoms with Crippen molar-refractivity contribution in [2.75, 3.05) is 19.5 Å². The van der Waals surface area contributed by atoms with Crippen LogP contribution in [0, 0.1) is 0 Å². The highest BCUT2D eigenvalue weighted by Gasteiger charge is 2.38. The molecule has 1 saturated heterocycles. The fourth-order valence-electron chi connectivity index (χ4n) is 2.82. The average molecular weight is 355 g/mol. The van der Waals surface area contributed by atoms with Gasteiger partial charge in [0.1, 0.15) is 0 Å². The molecule has 1 aliphatic rings. The summed E-state index contributed by atoms with van der Waals surface area (Å²) >= 11 is 0. The predicted molar refractivity (Wildman–Crippen MR) is 86.8 cm³/mol. The lowest BCUT2D eigenvalue weighted by Crippen LogP contribution is -2.50. The summed E-state index contributed by atoms with van der Waals surface area (Å²) < 4.78 is 29.1. The molecule has 1 aromatic carbocycles. The van der Waals surface area contributed by atoms with Gasteiger partial charge in [0.05, 0.1) is 23.5 Å². The number of benzene rings is 1. The van der Waals surface area contributed by atoms with Gasteiger partial charge in [0, 0.05) is 18.4 Å². The van der Waals surface area contributed by atoms with E-state index >= 15 is 0 Å². The Hall–Kier alpha value is -1.93. The summed E-state index contributed by atoms with van der Waals surface area (Å²) in [7, 11) is -3.46. The monoisotopic (exact) mass is 355 g/mol. The van der Waals surface area contributed by atoms with Gasteiger partial charge in [-0.25, -0.2) is 8.42 Å². The summed E-state index contributed by atoms with van der Waals surface area (Å²) in [6.07, 6.45) is 1.78. The fraction of sp³-hybridized carbons (Fsp3) is 0.500. The summed E-state index contributed by atoms with van der Waals surface area (Å²) in [6.45, 7) is 2.33. The second kappa shape index (κ2) is 6.90. The Morgan fingerprint density at radius 1 is 1.38 bits per heavy atom. The highest BCUT2D eigenvalue weighted by Crippen LogP contribution is 2.24. The first-order valence-corrected chi connectivity index (χ1v) is 9.51. The van der Waals surface area contributed by atoms with Gasteiger partial charge in [0.15, 0.2) is 9.84 Å². The molecule has 0 radical (unpaired) electrons. The van der Waals surface area contributed by atoms with E-state index in [0.29, 0.717) is 25.0 Å². The number of aryl methyl sites for hydroxylation is 1. The molecule has 0 aromatic heterocycles. The van der Waals surface area contributed by atoms with Crippen LogP contribution < -0.4 is 5.32 Å².